The number of benzene rings is 3. The molecule has 182 valence electrons. The van der Waals surface area contributed by atoms with Gasteiger partial charge in [0, 0.05) is 17.2 Å². The third-order valence-electron chi connectivity index (χ3n) is 5.25. The van der Waals surface area contributed by atoms with Gasteiger partial charge in [-0.25, -0.2) is 14.6 Å². The summed E-state index contributed by atoms with van der Waals surface area (Å²) in [6.07, 6.45) is 0. The minimum atomic E-state index is -0.498. The summed E-state index contributed by atoms with van der Waals surface area (Å²) in [6, 6.07) is 26.5. The lowest BCUT2D eigenvalue weighted by atomic mass is 10.0. The Hall–Kier alpha value is -4.72. The quantitative estimate of drug-likeness (QED) is 0.319. The maximum atomic E-state index is 11.5. The number of rotatable bonds is 9. The van der Waals surface area contributed by atoms with E-state index in [2.05, 4.69) is 14.5 Å². The van der Waals surface area contributed by atoms with Crippen LogP contribution in [0.5, 0.6) is 11.6 Å². The van der Waals surface area contributed by atoms with E-state index >= 15 is 0 Å². The van der Waals surface area contributed by atoms with E-state index in [4.69, 9.17) is 14.5 Å². The van der Waals surface area contributed by atoms with Crippen molar-refractivity contribution in [3.05, 3.63) is 84.9 Å². The van der Waals surface area contributed by atoms with Crippen LogP contribution in [0.15, 0.2) is 84.9 Å². The van der Waals surface area contributed by atoms with Gasteiger partial charge in [-0.3, -0.25) is 0 Å². The number of hydrogen-bond donors (Lipinski definition) is 0. The molecule has 0 fully saturated rings. The Morgan fingerprint density at radius 1 is 0.639 bits per heavy atom. The van der Waals surface area contributed by atoms with Crippen molar-refractivity contribution < 1.29 is 28.5 Å². The molecule has 0 saturated heterocycles. The average molecular weight is 485 g/mol. The zero-order valence-corrected chi connectivity index (χ0v) is 19.8. The van der Waals surface area contributed by atoms with E-state index in [-0.39, 0.29) is 19.1 Å². The molecule has 0 bridgehead atoms. The molecule has 0 aliphatic carbocycles. The maximum absolute atomic E-state index is 11.5. The molecule has 0 aliphatic rings. The Labute approximate surface area is 208 Å². The summed E-state index contributed by atoms with van der Waals surface area (Å²) in [6.45, 7) is -0.391. The summed E-state index contributed by atoms with van der Waals surface area (Å²) < 4.78 is 20.2. The second-order valence-corrected chi connectivity index (χ2v) is 7.61. The molecule has 1 aromatic heterocycles. The smallest absolute Gasteiger partial charge is 0.343 e. The number of aromatic nitrogens is 2. The van der Waals surface area contributed by atoms with Crippen molar-refractivity contribution in [2.45, 2.75) is 0 Å². The summed E-state index contributed by atoms with van der Waals surface area (Å²) >= 11 is 0. The largest absolute Gasteiger partial charge is 0.482 e. The summed E-state index contributed by atoms with van der Waals surface area (Å²) in [5.41, 5.74) is 4.33. The second kappa shape index (κ2) is 11.6. The van der Waals surface area contributed by atoms with Crippen molar-refractivity contribution in [3.63, 3.8) is 0 Å². The lowest BCUT2D eigenvalue weighted by Gasteiger charge is -2.10. The van der Waals surface area contributed by atoms with E-state index in [1.54, 1.807) is 18.2 Å². The van der Waals surface area contributed by atoms with Crippen LogP contribution in [0.1, 0.15) is 0 Å². The minimum absolute atomic E-state index is 0.141. The normalized spacial score (nSPS) is 10.4. The molecule has 0 saturated carbocycles. The standard InChI is InChI=1S/C28H24N2O6/c1-33-26(31)17-35-23-14-12-20(13-15-23)19-8-10-22(11-9-19)28-29-24(21-6-4-3-5-7-21)16-25(30-28)36-18-27(32)34-2/h3-16H,17-18H2,1-2H3. The fourth-order valence-electron chi connectivity index (χ4n) is 3.33. The monoisotopic (exact) mass is 484 g/mol. The predicted molar refractivity (Wildman–Crippen MR) is 133 cm³/mol. The van der Waals surface area contributed by atoms with E-state index in [1.807, 2.05) is 66.7 Å². The lowest BCUT2D eigenvalue weighted by molar-refractivity contribution is -0.143. The third-order valence-corrected chi connectivity index (χ3v) is 5.25. The molecule has 4 rings (SSSR count). The molecule has 36 heavy (non-hydrogen) atoms. The van der Waals surface area contributed by atoms with Crippen molar-refractivity contribution in [3.8, 4) is 45.4 Å². The molecule has 0 unspecified atom stereocenters. The molecule has 0 N–H and O–H groups in total. The highest BCUT2D eigenvalue weighted by Crippen LogP contribution is 2.28. The zero-order valence-electron chi connectivity index (χ0n) is 19.8. The fraction of sp³-hybridized carbons (Fsp3) is 0.143. The molecule has 0 radical (unpaired) electrons. The van der Waals surface area contributed by atoms with E-state index < -0.39 is 11.9 Å². The molecule has 4 aromatic rings. The number of carbonyl (C=O) groups excluding carboxylic acids is 2. The van der Waals surface area contributed by atoms with E-state index in [9.17, 15) is 9.59 Å². The van der Waals surface area contributed by atoms with Gasteiger partial charge in [-0.1, -0.05) is 66.7 Å². The maximum Gasteiger partial charge on any atom is 0.343 e. The molecule has 0 atom stereocenters. The second-order valence-electron chi connectivity index (χ2n) is 7.61. The number of hydrogen-bond acceptors (Lipinski definition) is 8. The highest BCUT2D eigenvalue weighted by atomic mass is 16.6. The van der Waals surface area contributed by atoms with Crippen LogP contribution in [-0.2, 0) is 19.1 Å². The van der Waals surface area contributed by atoms with E-state index in [0.29, 0.717) is 17.3 Å². The van der Waals surface area contributed by atoms with E-state index in [1.165, 1.54) is 14.2 Å². The zero-order chi connectivity index (χ0) is 25.3. The first-order valence-electron chi connectivity index (χ1n) is 11.1. The first kappa shape index (κ1) is 24.4. The van der Waals surface area contributed by atoms with Crippen LogP contribution in [0.4, 0.5) is 0 Å². The molecular weight excluding hydrogens is 460 g/mol. The van der Waals surface area contributed by atoms with Gasteiger partial charge in [-0.15, -0.1) is 0 Å². The van der Waals surface area contributed by atoms with Gasteiger partial charge in [-0.05, 0) is 23.3 Å². The van der Waals surface area contributed by atoms with Crippen LogP contribution in [0.25, 0.3) is 33.8 Å². The van der Waals surface area contributed by atoms with Gasteiger partial charge in [-0.2, -0.15) is 4.98 Å². The number of esters is 2. The summed E-state index contributed by atoms with van der Waals surface area (Å²) in [5.74, 6) is 0.381. The number of carbonyl (C=O) groups is 2. The summed E-state index contributed by atoms with van der Waals surface area (Å²) in [5, 5.41) is 0. The Morgan fingerprint density at radius 3 is 1.81 bits per heavy atom. The lowest BCUT2D eigenvalue weighted by Crippen LogP contribution is -2.13. The van der Waals surface area contributed by atoms with Crippen LogP contribution in [-0.4, -0.2) is 49.3 Å². The van der Waals surface area contributed by atoms with Gasteiger partial charge in [0.15, 0.2) is 19.0 Å². The van der Waals surface area contributed by atoms with Gasteiger partial charge in [0.25, 0.3) is 0 Å². The molecule has 8 nitrogen and oxygen atoms in total. The molecule has 0 amide bonds. The van der Waals surface area contributed by atoms with Crippen molar-refractivity contribution in [1.82, 2.24) is 9.97 Å². The number of methoxy groups -OCH3 is 2. The predicted octanol–water partition coefficient (Wildman–Crippen LogP) is 4.58. The Bertz CT molecular complexity index is 1320. The van der Waals surface area contributed by atoms with Crippen molar-refractivity contribution >= 4 is 11.9 Å². The van der Waals surface area contributed by atoms with Crippen LogP contribution in [0, 0.1) is 0 Å². The van der Waals surface area contributed by atoms with E-state index in [0.717, 1.165) is 22.3 Å². The summed E-state index contributed by atoms with van der Waals surface area (Å²) in [7, 11) is 2.62. The molecule has 3 aromatic carbocycles. The van der Waals surface area contributed by atoms with Crippen molar-refractivity contribution in [2.24, 2.45) is 0 Å². The highest BCUT2D eigenvalue weighted by Gasteiger charge is 2.12. The minimum Gasteiger partial charge on any atom is -0.482 e. The Kier molecular flexibility index (Phi) is 7.87. The molecular formula is C28H24N2O6. The van der Waals surface area contributed by atoms with Crippen molar-refractivity contribution in [1.29, 1.82) is 0 Å². The van der Waals surface area contributed by atoms with Crippen LogP contribution < -0.4 is 9.47 Å². The molecule has 0 aliphatic heterocycles. The van der Waals surface area contributed by atoms with Crippen LogP contribution in [0.3, 0.4) is 0 Å². The van der Waals surface area contributed by atoms with Crippen molar-refractivity contribution in [2.75, 3.05) is 27.4 Å². The Morgan fingerprint density at radius 2 is 1.19 bits per heavy atom. The Balaban J connectivity index is 1.57. The first-order chi connectivity index (χ1) is 17.6. The topological polar surface area (TPSA) is 96.8 Å². The van der Waals surface area contributed by atoms with Gasteiger partial charge in [0.05, 0.1) is 19.9 Å². The summed E-state index contributed by atoms with van der Waals surface area (Å²) in [4.78, 5) is 32.0. The third kappa shape index (κ3) is 6.24. The fourth-order valence-corrected chi connectivity index (χ4v) is 3.33. The van der Waals surface area contributed by atoms with Gasteiger partial charge >= 0.3 is 11.9 Å². The van der Waals surface area contributed by atoms with Crippen LogP contribution >= 0.6 is 0 Å². The van der Waals surface area contributed by atoms with Gasteiger partial charge in [0.2, 0.25) is 5.88 Å². The molecule has 1 heterocycles. The van der Waals surface area contributed by atoms with Gasteiger partial charge in [0.1, 0.15) is 5.75 Å². The van der Waals surface area contributed by atoms with Crippen LogP contribution in [0.2, 0.25) is 0 Å². The SMILES string of the molecule is COC(=O)COc1ccc(-c2ccc(-c3nc(OCC(=O)OC)cc(-c4ccccc4)n3)cc2)cc1. The van der Waals surface area contributed by atoms with Gasteiger partial charge < -0.3 is 18.9 Å². The first-order valence-corrected chi connectivity index (χ1v) is 11.1. The highest BCUT2D eigenvalue weighted by molar-refractivity contribution is 5.72. The average Bonchev–Trinajstić information content (AvgIpc) is 2.95. The number of nitrogens with zero attached hydrogens (tertiary/aromatic N) is 2. The molecule has 8 heteroatoms. The molecule has 0 spiro atoms. The number of ether oxygens (including phenoxy) is 4.